The van der Waals surface area contributed by atoms with E-state index in [4.69, 9.17) is 20.1 Å². The van der Waals surface area contributed by atoms with Crippen LogP contribution in [-0.2, 0) is 4.79 Å². The van der Waals surface area contributed by atoms with Crippen LogP contribution in [0.15, 0.2) is 53.8 Å². The topological polar surface area (TPSA) is 101 Å². The molecular formula is C20H22N4O4S. The van der Waals surface area contributed by atoms with Crippen LogP contribution in [0.5, 0.6) is 17.2 Å². The monoisotopic (exact) mass is 414 g/mol. The minimum Gasteiger partial charge on any atom is -0.493 e. The molecule has 1 amide bonds. The SMILES string of the molecule is COc1cc(NC(=O)CSc2nc(-c3ccccc3)cn2N)cc(OC)c1OC. The molecule has 0 aliphatic carbocycles. The van der Waals surface area contributed by atoms with Gasteiger partial charge in [-0.05, 0) is 0 Å². The highest BCUT2D eigenvalue weighted by Crippen LogP contribution is 2.40. The van der Waals surface area contributed by atoms with E-state index >= 15 is 0 Å². The van der Waals surface area contributed by atoms with Crippen molar-refractivity contribution in [3.05, 3.63) is 48.7 Å². The highest BCUT2D eigenvalue weighted by molar-refractivity contribution is 7.99. The summed E-state index contributed by atoms with van der Waals surface area (Å²) in [4.78, 5) is 16.9. The van der Waals surface area contributed by atoms with Crippen LogP contribution in [0.25, 0.3) is 11.3 Å². The van der Waals surface area contributed by atoms with E-state index in [1.807, 2.05) is 30.3 Å². The molecule has 0 spiro atoms. The summed E-state index contributed by atoms with van der Waals surface area (Å²) in [5.74, 6) is 7.28. The number of methoxy groups -OCH3 is 3. The van der Waals surface area contributed by atoms with Gasteiger partial charge in [-0.3, -0.25) is 4.79 Å². The molecule has 0 saturated carbocycles. The Morgan fingerprint density at radius 2 is 1.76 bits per heavy atom. The lowest BCUT2D eigenvalue weighted by Crippen LogP contribution is -2.16. The molecule has 0 bridgehead atoms. The minimum atomic E-state index is -0.214. The summed E-state index contributed by atoms with van der Waals surface area (Å²) in [5, 5.41) is 3.36. The summed E-state index contributed by atoms with van der Waals surface area (Å²) in [6.07, 6.45) is 1.73. The molecule has 8 nitrogen and oxygen atoms in total. The smallest absolute Gasteiger partial charge is 0.234 e. The molecule has 29 heavy (non-hydrogen) atoms. The fourth-order valence-electron chi connectivity index (χ4n) is 2.71. The number of anilines is 1. The van der Waals surface area contributed by atoms with Crippen molar-refractivity contribution in [3.8, 4) is 28.5 Å². The van der Waals surface area contributed by atoms with Gasteiger partial charge < -0.3 is 25.4 Å². The number of rotatable bonds is 8. The van der Waals surface area contributed by atoms with Crippen LogP contribution in [0.4, 0.5) is 5.69 Å². The van der Waals surface area contributed by atoms with Crippen LogP contribution < -0.4 is 25.4 Å². The number of thioether (sulfide) groups is 1. The van der Waals surface area contributed by atoms with E-state index in [1.165, 1.54) is 37.8 Å². The lowest BCUT2D eigenvalue weighted by Gasteiger charge is -2.14. The maximum atomic E-state index is 12.4. The molecule has 9 heteroatoms. The van der Waals surface area contributed by atoms with Crippen molar-refractivity contribution in [2.75, 3.05) is 38.2 Å². The predicted molar refractivity (Wildman–Crippen MR) is 113 cm³/mol. The number of aromatic nitrogens is 2. The number of nitrogens with one attached hydrogen (secondary N) is 1. The lowest BCUT2D eigenvalue weighted by molar-refractivity contribution is -0.113. The standard InChI is InChI=1S/C20H22N4O4S/c1-26-16-9-14(10-17(27-2)19(16)28-3)22-18(25)12-29-20-23-15(11-24(20)21)13-7-5-4-6-8-13/h4-11H,12,21H2,1-3H3,(H,22,25). The molecule has 0 unspecified atom stereocenters. The van der Waals surface area contributed by atoms with Crippen LogP contribution in [0.3, 0.4) is 0 Å². The zero-order valence-corrected chi connectivity index (χ0v) is 17.2. The lowest BCUT2D eigenvalue weighted by atomic mass is 10.2. The number of carbonyl (C=O) groups is 1. The maximum absolute atomic E-state index is 12.4. The Bertz CT molecular complexity index is 966. The Morgan fingerprint density at radius 1 is 1.10 bits per heavy atom. The molecule has 3 aromatic rings. The Balaban J connectivity index is 1.67. The summed E-state index contributed by atoms with van der Waals surface area (Å²) in [6.45, 7) is 0. The van der Waals surface area contributed by atoms with Gasteiger partial charge in [0.2, 0.25) is 11.7 Å². The molecule has 0 aliphatic heterocycles. The molecule has 0 radical (unpaired) electrons. The fourth-order valence-corrected chi connectivity index (χ4v) is 3.41. The number of nitrogens with two attached hydrogens (primary N) is 1. The van der Waals surface area contributed by atoms with Gasteiger partial charge in [-0.2, -0.15) is 0 Å². The first-order chi connectivity index (χ1) is 14.0. The quantitative estimate of drug-likeness (QED) is 0.432. The van der Waals surface area contributed by atoms with Gasteiger partial charge in [-0.1, -0.05) is 42.1 Å². The number of hydrogen-bond acceptors (Lipinski definition) is 7. The third-order valence-electron chi connectivity index (χ3n) is 4.05. The molecule has 3 N–H and O–H groups in total. The van der Waals surface area contributed by atoms with Gasteiger partial charge in [0, 0.05) is 23.4 Å². The number of nitrogens with zero attached hydrogens (tertiary/aromatic N) is 2. The van der Waals surface area contributed by atoms with Crippen LogP contribution in [0.1, 0.15) is 0 Å². The zero-order valence-electron chi connectivity index (χ0n) is 16.3. The largest absolute Gasteiger partial charge is 0.493 e. The highest BCUT2D eigenvalue weighted by atomic mass is 32.2. The Hall–Kier alpha value is -3.33. The molecule has 152 valence electrons. The summed E-state index contributed by atoms with van der Waals surface area (Å²) < 4.78 is 17.3. The number of imidazole rings is 1. The molecule has 0 fully saturated rings. The van der Waals surface area contributed by atoms with Crippen LogP contribution in [0.2, 0.25) is 0 Å². The van der Waals surface area contributed by atoms with Crippen LogP contribution in [0, 0.1) is 0 Å². The van der Waals surface area contributed by atoms with Crippen molar-refractivity contribution in [1.29, 1.82) is 0 Å². The number of benzene rings is 2. The van der Waals surface area contributed by atoms with Gasteiger partial charge in [-0.15, -0.1) is 0 Å². The second-order valence-electron chi connectivity index (χ2n) is 5.93. The summed E-state index contributed by atoms with van der Waals surface area (Å²) in [6, 6.07) is 13.0. The minimum absolute atomic E-state index is 0.138. The van der Waals surface area contributed by atoms with Gasteiger partial charge in [0.15, 0.2) is 16.7 Å². The first-order valence-corrected chi connectivity index (χ1v) is 9.66. The highest BCUT2D eigenvalue weighted by Gasteiger charge is 2.15. The van der Waals surface area contributed by atoms with Crippen LogP contribution >= 0.6 is 11.8 Å². The van der Waals surface area contributed by atoms with E-state index < -0.39 is 0 Å². The molecule has 1 heterocycles. The van der Waals surface area contributed by atoms with Crippen molar-refractivity contribution in [1.82, 2.24) is 9.66 Å². The molecular weight excluding hydrogens is 392 g/mol. The molecule has 2 aromatic carbocycles. The summed E-state index contributed by atoms with van der Waals surface area (Å²) in [7, 11) is 4.56. The summed E-state index contributed by atoms with van der Waals surface area (Å²) >= 11 is 1.25. The zero-order chi connectivity index (χ0) is 20.8. The fraction of sp³-hybridized carbons (Fsp3) is 0.200. The van der Waals surface area contributed by atoms with Crippen molar-refractivity contribution in [3.63, 3.8) is 0 Å². The number of carbonyl (C=O) groups excluding carboxylic acids is 1. The number of nitrogen functional groups attached to an aromatic ring is 1. The molecule has 3 rings (SSSR count). The van der Waals surface area contributed by atoms with E-state index in [2.05, 4.69) is 10.3 Å². The Morgan fingerprint density at radius 3 is 2.34 bits per heavy atom. The number of amides is 1. The molecule has 0 atom stereocenters. The second-order valence-corrected chi connectivity index (χ2v) is 6.88. The Labute approximate surface area is 172 Å². The third kappa shape index (κ3) is 4.75. The van der Waals surface area contributed by atoms with Gasteiger partial charge in [-0.25, -0.2) is 9.66 Å². The van der Waals surface area contributed by atoms with E-state index in [0.717, 1.165) is 11.3 Å². The van der Waals surface area contributed by atoms with Gasteiger partial charge in [0.1, 0.15) is 0 Å². The number of hydrogen-bond donors (Lipinski definition) is 2. The average molecular weight is 414 g/mol. The van der Waals surface area contributed by atoms with Crippen molar-refractivity contribution in [2.45, 2.75) is 5.16 Å². The number of ether oxygens (including phenoxy) is 3. The molecule has 0 aliphatic rings. The predicted octanol–water partition coefficient (Wildman–Crippen LogP) is 3.02. The van der Waals surface area contributed by atoms with Gasteiger partial charge in [0.05, 0.1) is 39.0 Å². The Kier molecular flexibility index (Phi) is 6.50. The van der Waals surface area contributed by atoms with E-state index in [0.29, 0.717) is 28.1 Å². The first kappa shape index (κ1) is 20.4. The third-order valence-corrected chi connectivity index (χ3v) is 5.02. The first-order valence-electron chi connectivity index (χ1n) is 8.68. The van der Waals surface area contributed by atoms with E-state index in [9.17, 15) is 4.79 Å². The van der Waals surface area contributed by atoms with E-state index in [-0.39, 0.29) is 11.7 Å². The average Bonchev–Trinajstić information content (AvgIpc) is 3.12. The van der Waals surface area contributed by atoms with Crippen LogP contribution in [-0.4, -0.2) is 42.6 Å². The van der Waals surface area contributed by atoms with Crippen molar-refractivity contribution < 1.29 is 19.0 Å². The van der Waals surface area contributed by atoms with E-state index in [1.54, 1.807) is 18.3 Å². The summed E-state index contributed by atoms with van der Waals surface area (Å²) in [5.41, 5.74) is 2.24. The molecule has 0 saturated heterocycles. The maximum Gasteiger partial charge on any atom is 0.234 e. The molecule has 1 aromatic heterocycles. The normalized spacial score (nSPS) is 10.4. The van der Waals surface area contributed by atoms with Crippen molar-refractivity contribution in [2.24, 2.45) is 0 Å². The van der Waals surface area contributed by atoms with Gasteiger partial charge in [0.25, 0.3) is 0 Å². The van der Waals surface area contributed by atoms with Gasteiger partial charge >= 0.3 is 0 Å². The van der Waals surface area contributed by atoms with Crippen molar-refractivity contribution >= 4 is 23.4 Å². The second kappa shape index (κ2) is 9.24.